The maximum atomic E-state index is 5.93. The molecule has 0 unspecified atom stereocenters. The summed E-state index contributed by atoms with van der Waals surface area (Å²) < 4.78 is 5.19. The van der Waals surface area contributed by atoms with Crippen LogP contribution in [-0.2, 0) is 12.8 Å². The van der Waals surface area contributed by atoms with Crippen molar-refractivity contribution in [2.24, 2.45) is 0 Å². The molecular weight excluding hydrogens is 260 g/mol. The lowest BCUT2D eigenvalue weighted by Crippen LogP contribution is -1.95. The molecule has 3 rings (SSSR count). The lowest BCUT2D eigenvalue weighted by atomic mass is 10.0. The molecule has 0 spiro atoms. The minimum absolute atomic E-state index is 0.389. The zero-order valence-corrected chi connectivity index (χ0v) is 12.0. The van der Waals surface area contributed by atoms with Crippen molar-refractivity contribution < 1.29 is 4.52 Å². The van der Waals surface area contributed by atoms with Gasteiger partial charge in [0, 0.05) is 0 Å². The third-order valence-corrected chi connectivity index (χ3v) is 3.62. The number of aromatic nitrogens is 1. The molecule has 1 aromatic heterocycles. The van der Waals surface area contributed by atoms with Gasteiger partial charge in [-0.2, -0.15) is 0 Å². The first-order valence-corrected chi connectivity index (χ1v) is 7.09. The molecule has 0 bridgehead atoms. The van der Waals surface area contributed by atoms with Crippen LogP contribution in [-0.4, -0.2) is 5.16 Å². The molecule has 0 fully saturated rings. The highest BCUT2D eigenvalue weighted by Crippen LogP contribution is 2.30. The van der Waals surface area contributed by atoms with Crippen molar-refractivity contribution >= 4 is 5.88 Å². The van der Waals surface area contributed by atoms with Gasteiger partial charge in [-0.15, -0.1) is 0 Å². The Balaban J connectivity index is 1.82. The molecule has 0 aliphatic heterocycles. The van der Waals surface area contributed by atoms with Gasteiger partial charge >= 0.3 is 0 Å². The summed E-state index contributed by atoms with van der Waals surface area (Å²) in [5.74, 6) is 0.389. The number of hydrogen-bond acceptors (Lipinski definition) is 3. The Labute approximate surface area is 124 Å². The van der Waals surface area contributed by atoms with Crippen molar-refractivity contribution in [1.29, 1.82) is 0 Å². The Bertz CT molecular complexity index is 715. The summed E-state index contributed by atoms with van der Waals surface area (Å²) in [4.78, 5) is 0. The van der Waals surface area contributed by atoms with Crippen molar-refractivity contribution in [1.82, 2.24) is 5.16 Å². The van der Waals surface area contributed by atoms with E-state index < -0.39 is 0 Å². The number of hydrogen-bond donors (Lipinski definition) is 1. The monoisotopic (exact) mass is 278 g/mol. The van der Waals surface area contributed by atoms with Crippen LogP contribution in [0.25, 0.3) is 11.1 Å². The molecule has 1 heterocycles. The maximum Gasteiger partial charge on any atom is 0.230 e. The van der Waals surface area contributed by atoms with Crippen LogP contribution in [0.2, 0.25) is 0 Å². The average Bonchev–Trinajstić information content (AvgIpc) is 2.88. The van der Waals surface area contributed by atoms with Gasteiger partial charge in [0.05, 0.1) is 11.3 Å². The Morgan fingerprint density at radius 3 is 2.38 bits per heavy atom. The average molecular weight is 278 g/mol. The Morgan fingerprint density at radius 1 is 0.952 bits per heavy atom. The molecule has 0 radical (unpaired) electrons. The lowest BCUT2D eigenvalue weighted by molar-refractivity contribution is 0.427. The van der Waals surface area contributed by atoms with Gasteiger partial charge in [-0.25, -0.2) is 0 Å². The van der Waals surface area contributed by atoms with E-state index in [2.05, 4.69) is 36.3 Å². The largest absolute Gasteiger partial charge is 0.367 e. The number of anilines is 1. The standard InChI is InChI=1S/C18H18N2O/c1-13-7-9-14(10-8-13)11-12-16-17(18(19)21-20-16)15-5-3-2-4-6-15/h2-10H,11-12,19H2,1H3. The van der Waals surface area contributed by atoms with E-state index in [9.17, 15) is 0 Å². The summed E-state index contributed by atoms with van der Waals surface area (Å²) in [5, 5.41) is 4.12. The van der Waals surface area contributed by atoms with Crippen LogP contribution >= 0.6 is 0 Å². The molecule has 106 valence electrons. The van der Waals surface area contributed by atoms with Crippen LogP contribution in [0.1, 0.15) is 16.8 Å². The molecule has 0 atom stereocenters. The molecule has 0 aliphatic rings. The van der Waals surface area contributed by atoms with E-state index >= 15 is 0 Å². The number of nitrogens with two attached hydrogens (primary N) is 1. The van der Waals surface area contributed by atoms with Crippen molar-refractivity contribution in [3.8, 4) is 11.1 Å². The quantitative estimate of drug-likeness (QED) is 0.784. The molecule has 0 saturated heterocycles. The Kier molecular flexibility index (Phi) is 3.73. The Morgan fingerprint density at radius 2 is 1.67 bits per heavy atom. The van der Waals surface area contributed by atoms with Crippen molar-refractivity contribution in [3.63, 3.8) is 0 Å². The molecule has 3 heteroatoms. The fraction of sp³-hybridized carbons (Fsp3) is 0.167. The number of nitrogen functional groups attached to an aromatic ring is 1. The van der Waals surface area contributed by atoms with Gasteiger partial charge in [0.25, 0.3) is 0 Å². The molecule has 21 heavy (non-hydrogen) atoms. The molecule has 2 N–H and O–H groups in total. The zero-order chi connectivity index (χ0) is 14.7. The minimum atomic E-state index is 0.389. The highest BCUT2D eigenvalue weighted by atomic mass is 16.5. The van der Waals surface area contributed by atoms with Gasteiger partial charge in [0.15, 0.2) is 0 Å². The summed E-state index contributed by atoms with van der Waals surface area (Å²) in [5.41, 5.74) is 11.4. The SMILES string of the molecule is Cc1ccc(CCc2noc(N)c2-c2ccccc2)cc1. The van der Waals surface area contributed by atoms with Gasteiger partial charge in [0.2, 0.25) is 5.88 Å². The first-order chi connectivity index (χ1) is 10.2. The molecule has 3 nitrogen and oxygen atoms in total. The third kappa shape index (κ3) is 2.97. The van der Waals surface area contributed by atoms with Gasteiger partial charge < -0.3 is 10.3 Å². The van der Waals surface area contributed by atoms with E-state index in [-0.39, 0.29) is 0 Å². The van der Waals surface area contributed by atoms with E-state index in [1.54, 1.807) is 0 Å². The summed E-state index contributed by atoms with van der Waals surface area (Å²) in [7, 11) is 0. The van der Waals surface area contributed by atoms with E-state index in [1.807, 2.05) is 30.3 Å². The van der Waals surface area contributed by atoms with Crippen LogP contribution < -0.4 is 5.73 Å². The summed E-state index contributed by atoms with van der Waals surface area (Å²) >= 11 is 0. The van der Waals surface area contributed by atoms with Gasteiger partial charge in [0.1, 0.15) is 0 Å². The second-order valence-electron chi connectivity index (χ2n) is 5.22. The summed E-state index contributed by atoms with van der Waals surface area (Å²) in [6.07, 6.45) is 1.74. The van der Waals surface area contributed by atoms with Crippen LogP contribution in [0.3, 0.4) is 0 Å². The first kappa shape index (κ1) is 13.4. The molecule has 0 saturated carbocycles. The highest BCUT2D eigenvalue weighted by molar-refractivity contribution is 5.74. The van der Waals surface area contributed by atoms with Gasteiger partial charge in [-0.3, -0.25) is 0 Å². The molecule has 3 aromatic rings. The second-order valence-corrected chi connectivity index (χ2v) is 5.22. The third-order valence-electron chi connectivity index (χ3n) is 3.62. The summed E-state index contributed by atoms with van der Waals surface area (Å²) in [6, 6.07) is 18.6. The minimum Gasteiger partial charge on any atom is -0.367 e. The molecule has 0 amide bonds. The number of aryl methyl sites for hydroxylation is 3. The van der Waals surface area contributed by atoms with E-state index in [4.69, 9.17) is 10.3 Å². The highest BCUT2D eigenvalue weighted by Gasteiger charge is 2.15. The molecular formula is C18H18N2O. The predicted molar refractivity (Wildman–Crippen MR) is 84.9 cm³/mol. The zero-order valence-electron chi connectivity index (χ0n) is 12.0. The topological polar surface area (TPSA) is 52.0 Å². The number of rotatable bonds is 4. The van der Waals surface area contributed by atoms with Crippen molar-refractivity contribution in [3.05, 3.63) is 71.4 Å². The first-order valence-electron chi connectivity index (χ1n) is 7.09. The van der Waals surface area contributed by atoms with E-state index in [0.29, 0.717) is 5.88 Å². The Hall–Kier alpha value is -2.55. The second kappa shape index (κ2) is 5.83. The van der Waals surface area contributed by atoms with Crippen molar-refractivity contribution in [2.45, 2.75) is 19.8 Å². The molecule has 0 aliphatic carbocycles. The van der Waals surface area contributed by atoms with Crippen LogP contribution in [0, 0.1) is 6.92 Å². The fourth-order valence-corrected chi connectivity index (χ4v) is 2.44. The normalized spacial score (nSPS) is 10.7. The fourth-order valence-electron chi connectivity index (χ4n) is 2.44. The number of nitrogens with zero attached hydrogens (tertiary/aromatic N) is 1. The van der Waals surface area contributed by atoms with Crippen molar-refractivity contribution in [2.75, 3.05) is 5.73 Å². The summed E-state index contributed by atoms with van der Waals surface area (Å²) in [6.45, 7) is 2.09. The van der Waals surface area contributed by atoms with E-state index in [1.165, 1.54) is 11.1 Å². The van der Waals surface area contributed by atoms with Gasteiger partial charge in [-0.1, -0.05) is 65.3 Å². The van der Waals surface area contributed by atoms with Crippen LogP contribution in [0.15, 0.2) is 59.1 Å². The molecule has 2 aromatic carbocycles. The van der Waals surface area contributed by atoms with E-state index in [0.717, 1.165) is 29.7 Å². The predicted octanol–water partition coefficient (Wildman–Crippen LogP) is 4.02. The lowest BCUT2D eigenvalue weighted by Gasteiger charge is -2.03. The smallest absolute Gasteiger partial charge is 0.230 e. The van der Waals surface area contributed by atoms with Crippen LogP contribution in [0.5, 0.6) is 0 Å². The van der Waals surface area contributed by atoms with Crippen LogP contribution in [0.4, 0.5) is 5.88 Å². The maximum absolute atomic E-state index is 5.93. The number of benzene rings is 2. The van der Waals surface area contributed by atoms with Gasteiger partial charge in [-0.05, 0) is 30.9 Å².